The highest BCUT2D eigenvalue weighted by molar-refractivity contribution is 5.50. The van der Waals surface area contributed by atoms with Gasteiger partial charge in [-0.25, -0.2) is 4.98 Å². The summed E-state index contributed by atoms with van der Waals surface area (Å²) in [6.45, 7) is 6.74. The monoisotopic (exact) mass is 314 g/mol. The lowest BCUT2D eigenvalue weighted by Gasteiger charge is -2.13. The minimum Gasteiger partial charge on any atom is -0.487 e. The van der Waals surface area contributed by atoms with Crippen molar-refractivity contribution in [3.05, 3.63) is 53.7 Å². The number of aromatic nitrogens is 1. The van der Waals surface area contributed by atoms with E-state index in [0.29, 0.717) is 19.8 Å². The minimum atomic E-state index is 0.514. The molecule has 0 saturated carbocycles. The Morgan fingerprint density at radius 3 is 2.65 bits per heavy atom. The fourth-order valence-electron chi connectivity index (χ4n) is 2.15. The van der Waals surface area contributed by atoms with Crippen LogP contribution in [-0.2, 0) is 11.3 Å². The van der Waals surface area contributed by atoms with Crippen molar-refractivity contribution in [3.63, 3.8) is 0 Å². The molecule has 0 spiro atoms. The SMILES string of the molecule is CCCCNc1nc(C)ccc1OCCOCc1ccccc1. The standard InChI is InChI=1S/C19H26N2O2/c1-3-4-12-20-19-18(11-10-16(2)21-19)23-14-13-22-15-17-8-6-5-7-9-17/h5-11H,3-4,12-15H2,1-2H3,(H,20,21). The number of hydrogen-bond donors (Lipinski definition) is 1. The van der Waals surface area contributed by atoms with Crippen molar-refractivity contribution < 1.29 is 9.47 Å². The molecule has 0 fully saturated rings. The van der Waals surface area contributed by atoms with Crippen molar-refractivity contribution in [1.82, 2.24) is 4.98 Å². The third kappa shape index (κ3) is 6.28. The van der Waals surface area contributed by atoms with E-state index in [1.807, 2.05) is 37.3 Å². The molecule has 1 aromatic heterocycles. The summed E-state index contributed by atoms with van der Waals surface area (Å²) in [4.78, 5) is 4.51. The lowest BCUT2D eigenvalue weighted by molar-refractivity contribution is 0.0890. The maximum atomic E-state index is 5.81. The molecule has 2 rings (SSSR count). The Labute approximate surface area is 138 Å². The molecule has 0 unspecified atom stereocenters. The fraction of sp³-hybridized carbons (Fsp3) is 0.421. The Morgan fingerprint density at radius 2 is 1.87 bits per heavy atom. The lowest BCUT2D eigenvalue weighted by atomic mass is 10.2. The van der Waals surface area contributed by atoms with Gasteiger partial charge < -0.3 is 14.8 Å². The van der Waals surface area contributed by atoms with E-state index in [1.165, 1.54) is 5.56 Å². The predicted octanol–water partition coefficient (Wildman–Crippen LogP) is 4.20. The minimum absolute atomic E-state index is 0.514. The van der Waals surface area contributed by atoms with Gasteiger partial charge in [0, 0.05) is 12.2 Å². The van der Waals surface area contributed by atoms with Gasteiger partial charge in [-0.05, 0) is 31.0 Å². The van der Waals surface area contributed by atoms with Crippen LogP contribution in [0.1, 0.15) is 31.0 Å². The second-order valence-corrected chi connectivity index (χ2v) is 5.47. The molecule has 0 bridgehead atoms. The molecular formula is C19H26N2O2. The van der Waals surface area contributed by atoms with Crippen molar-refractivity contribution in [3.8, 4) is 5.75 Å². The van der Waals surface area contributed by atoms with Crippen molar-refractivity contribution in [2.24, 2.45) is 0 Å². The van der Waals surface area contributed by atoms with E-state index in [2.05, 4.69) is 29.4 Å². The number of rotatable bonds is 10. The smallest absolute Gasteiger partial charge is 0.169 e. The van der Waals surface area contributed by atoms with E-state index in [9.17, 15) is 0 Å². The number of nitrogens with zero attached hydrogens (tertiary/aromatic N) is 1. The van der Waals surface area contributed by atoms with Crippen LogP contribution in [0.15, 0.2) is 42.5 Å². The highest BCUT2D eigenvalue weighted by Crippen LogP contribution is 2.22. The third-order valence-corrected chi connectivity index (χ3v) is 3.42. The summed E-state index contributed by atoms with van der Waals surface area (Å²) in [7, 11) is 0. The summed E-state index contributed by atoms with van der Waals surface area (Å²) in [5.41, 5.74) is 2.16. The van der Waals surface area contributed by atoms with Gasteiger partial charge in [-0.2, -0.15) is 0 Å². The molecule has 124 valence electrons. The summed E-state index contributed by atoms with van der Waals surface area (Å²) in [6.07, 6.45) is 2.28. The molecule has 1 aromatic carbocycles. The molecule has 0 radical (unpaired) electrons. The van der Waals surface area contributed by atoms with Gasteiger partial charge >= 0.3 is 0 Å². The molecule has 1 N–H and O–H groups in total. The van der Waals surface area contributed by atoms with E-state index in [1.54, 1.807) is 0 Å². The number of pyridine rings is 1. The predicted molar refractivity (Wildman–Crippen MR) is 94.0 cm³/mol. The van der Waals surface area contributed by atoms with Crippen LogP contribution in [0.4, 0.5) is 5.82 Å². The molecule has 0 aliphatic rings. The van der Waals surface area contributed by atoms with E-state index < -0.39 is 0 Å². The number of anilines is 1. The maximum Gasteiger partial charge on any atom is 0.169 e. The zero-order valence-corrected chi connectivity index (χ0v) is 14.0. The Hall–Kier alpha value is -2.07. The van der Waals surface area contributed by atoms with Crippen LogP contribution >= 0.6 is 0 Å². The molecule has 0 aliphatic heterocycles. The molecule has 0 saturated heterocycles. The summed E-state index contributed by atoms with van der Waals surface area (Å²) >= 11 is 0. The molecule has 1 heterocycles. The first-order chi connectivity index (χ1) is 11.3. The van der Waals surface area contributed by atoms with Crippen molar-refractivity contribution >= 4 is 5.82 Å². The molecule has 2 aromatic rings. The third-order valence-electron chi connectivity index (χ3n) is 3.42. The zero-order valence-electron chi connectivity index (χ0n) is 14.0. The second-order valence-electron chi connectivity index (χ2n) is 5.47. The van der Waals surface area contributed by atoms with Gasteiger partial charge in [0.05, 0.1) is 13.2 Å². The van der Waals surface area contributed by atoms with E-state index in [-0.39, 0.29) is 0 Å². The van der Waals surface area contributed by atoms with Crippen LogP contribution in [-0.4, -0.2) is 24.7 Å². The first kappa shape index (κ1) is 17.3. The van der Waals surface area contributed by atoms with Crippen LogP contribution in [0.3, 0.4) is 0 Å². The second kappa shape index (κ2) is 9.85. The molecule has 23 heavy (non-hydrogen) atoms. The van der Waals surface area contributed by atoms with Crippen LogP contribution in [0.25, 0.3) is 0 Å². The van der Waals surface area contributed by atoms with Gasteiger partial charge in [-0.1, -0.05) is 43.7 Å². The Balaban J connectivity index is 1.76. The quantitative estimate of drug-likeness (QED) is 0.668. The largest absolute Gasteiger partial charge is 0.487 e. The number of hydrogen-bond acceptors (Lipinski definition) is 4. The lowest BCUT2D eigenvalue weighted by Crippen LogP contribution is -2.10. The number of ether oxygens (including phenoxy) is 2. The Morgan fingerprint density at radius 1 is 1.04 bits per heavy atom. The fourth-order valence-corrected chi connectivity index (χ4v) is 2.15. The molecule has 4 heteroatoms. The summed E-state index contributed by atoms with van der Waals surface area (Å²) in [5.74, 6) is 1.61. The first-order valence-electron chi connectivity index (χ1n) is 8.25. The summed E-state index contributed by atoms with van der Waals surface area (Å²) < 4.78 is 11.4. The Kier molecular flexibility index (Phi) is 7.40. The van der Waals surface area contributed by atoms with Crippen molar-refractivity contribution in [2.45, 2.75) is 33.3 Å². The van der Waals surface area contributed by atoms with Gasteiger partial charge in [-0.15, -0.1) is 0 Å². The van der Waals surface area contributed by atoms with Gasteiger partial charge in [0.1, 0.15) is 6.61 Å². The van der Waals surface area contributed by atoms with Crippen LogP contribution in [0.2, 0.25) is 0 Å². The van der Waals surface area contributed by atoms with Crippen molar-refractivity contribution in [2.75, 3.05) is 25.1 Å². The van der Waals surface area contributed by atoms with Gasteiger partial charge in [0.25, 0.3) is 0 Å². The van der Waals surface area contributed by atoms with Gasteiger partial charge in [0.15, 0.2) is 11.6 Å². The highest BCUT2D eigenvalue weighted by Gasteiger charge is 2.05. The van der Waals surface area contributed by atoms with Gasteiger partial charge in [-0.3, -0.25) is 0 Å². The van der Waals surface area contributed by atoms with E-state index >= 15 is 0 Å². The number of aryl methyl sites for hydroxylation is 1. The molecule has 0 amide bonds. The maximum absolute atomic E-state index is 5.81. The average Bonchev–Trinajstić information content (AvgIpc) is 2.57. The van der Waals surface area contributed by atoms with Crippen molar-refractivity contribution in [1.29, 1.82) is 0 Å². The summed E-state index contributed by atoms with van der Waals surface area (Å²) in [5, 5.41) is 3.34. The normalized spacial score (nSPS) is 10.5. The molecular weight excluding hydrogens is 288 g/mol. The van der Waals surface area contributed by atoms with Crippen LogP contribution in [0, 0.1) is 6.92 Å². The number of nitrogens with one attached hydrogen (secondary N) is 1. The van der Waals surface area contributed by atoms with Crippen LogP contribution in [0.5, 0.6) is 5.75 Å². The number of benzene rings is 1. The van der Waals surface area contributed by atoms with E-state index in [4.69, 9.17) is 9.47 Å². The topological polar surface area (TPSA) is 43.4 Å². The van der Waals surface area contributed by atoms with E-state index in [0.717, 1.165) is 36.6 Å². The highest BCUT2D eigenvalue weighted by atomic mass is 16.5. The van der Waals surface area contributed by atoms with Gasteiger partial charge in [0.2, 0.25) is 0 Å². The zero-order chi connectivity index (χ0) is 16.3. The average molecular weight is 314 g/mol. The first-order valence-corrected chi connectivity index (χ1v) is 8.25. The number of unbranched alkanes of at least 4 members (excludes halogenated alkanes) is 1. The molecule has 0 aliphatic carbocycles. The molecule has 0 atom stereocenters. The van der Waals surface area contributed by atoms with Crippen LogP contribution < -0.4 is 10.1 Å². The summed E-state index contributed by atoms with van der Waals surface area (Å²) in [6, 6.07) is 14.1. The molecule has 4 nitrogen and oxygen atoms in total. The Bertz CT molecular complexity index is 573.